The maximum absolute atomic E-state index is 12.5. The molecule has 0 bridgehead atoms. The van der Waals surface area contributed by atoms with Gasteiger partial charge < -0.3 is 9.64 Å². The van der Waals surface area contributed by atoms with Crippen LogP contribution in [0.4, 0.5) is 0 Å². The van der Waals surface area contributed by atoms with Gasteiger partial charge in [-0.05, 0) is 25.0 Å². The summed E-state index contributed by atoms with van der Waals surface area (Å²) in [6, 6.07) is 19.8. The number of benzene rings is 2. The number of amides is 1. The van der Waals surface area contributed by atoms with E-state index < -0.39 is 0 Å². The minimum Gasteiger partial charge on any atom is -0.496 e. The van der Waals surface area contributed by atoms with Gasteiger partial charge in [-0.25, -0.2) is 0 Å². The summed E-state index contributed by atoms with van der Waals surface area (Å²) in [5.74, 6) is 0.847. The van der Waals surface area contributed by atoms with Gasteiger partial charge in [0.1, 0.15) is 5.75 Å². The van der Waals surface area contributed by atoms with E-state index in [1.165, 1.54) is 0 Å². The SMILES string of the molecule is COc1ccccc1CC(=O)N(C)CCCc1cc(-c2ccccc2)n[nH]1. The monoisotopic (exact) mass is 363 g/mol. The van der Waals surface area contributed by atoms with Crippen LogP contribution in [0, 0.1) is 0 Å². The van der Waals surface area contributed by atoms with Crippen LogP contribution in [-0.2, 0) is 17.6 Å². The summed E-state index contributed by atoms with van der Waals surface area (Å²) in [5.41, 5.74) is 4.05. The van der Waals surface area contributed by atoms with Crippen molar-refractivity contribution in [2.24, 2.45) is 0 Å². The highest BCUT2D eigenvalue weighted by Gasteiger charge is 2.12. The zero-order valence-electron chi connectivity index (χ0n) is 15.8. The number of H-pyrrole nitrogens is 1. The molecule has 0 aliphatic carbocycles. The number of aromatic nitrogens is 2. The van der Waals surface area contributed by atoms with E-state index in [9.17, 15) is 4.79 Å². The molecule has 0 aliphatic rings. The average molecular weight is 363 g/mol. The molecule has 1 N–H and O–H groups in total. The highest BCUT2D eigenvalue weighted by atomic mass is 16.5. The maximum atomic E-state index is 12.5. The molecule has 0 saturated heterocycles. The minimum absolute atomic E-state index is 0.0917. The molecule has 1 amide bonds. The first-order valence-corrected chi connectivity index (χ1v) is 9.13. The van der Waals surface area contributed by atoms with E-state index >= 15 is 0 Å². The first kappa shape index (κ1) is 18.7. The van der Waals surface area contributed by atoms with Gasteiger partial charge in [-0.3, -0.25) is 9.89 Å². The summed E-state index contributed by atoms with van der Waals surface area (Å²) >= 11 is 0. The molecule has 2 aromatic carbocycles. The molecule has 1 heterocycles. The van der Waals surface area contributed by atoms with Crippen molar-refractivity contribution < 1.29 is 9.53 Å². The number of carbonyl (C=O) groups is 1. The van der Waals surface area contributed by atoms with Gasteiger partial charge in [0.15, 0.2) is 0 Å². The van der Waals surface area contributed by atoms with E-state index in [2.05, 4.69) is 16.3 Å². The smallest absolute Gasteiger partial charge is 0.226 e. The summed E-state index contributed by atoms with van der Waals surface area (Å²) in [4.78, 5) is 14.2. The fourth-order valence-corrected chi connectivity index (χ4v) is 3.02. The van der Waals surface area contributed by atoms with Crippen molar-refractivity contribution in [3.05, 3.63) is 71.9 Å². The van der Waals surface area contributed by atoms with Crippen LogP contribution in [-0.4, -0.2) is 41.7 Å². The molecule has 0 spiro atoms. The largest absolute Gasteiger partial charge is 0.496 e. The summed E-state index contributed by atoms with van der Waals surface area (Å²) in [6.45, 7) is 0.702. The molecule has 140 valence electrons. The fraction of sp³-hybridized carbons (Fsp3) is 0.273. The Morgan fingerprint density at radius 3 is 2.63 bits per heavy atom. The zero-order valence-corrected chi connectivity index (χ0v) is 15.8. The number of carbonyl (C=O) groups excluding carboxylic acids is 1. The van der Waals surface area contributed by atoms with Gasteiger partial charge in [0.25, 0.3) is 0 Å². The van der Waals surface area contributed by atoms with E-state index in [1.807, 2.05) is 61.6 Å². The summed E-state index contributed by atoms with van der Waals surface area (Å²) < 4.78 is 5.32. The van der Waals surface area contributed by atoms with Gasteiger partial charge in [0.05, 0.1) is 19.2 Å². The van der Waals surface area contributed by atoms with Crippen molar-refractivity contribution in [1.29, 1.82) is 0 Å². The van der Waals surface area contributed by atoms with Crippen molar-refractivity contribution in [2.45, 2.75) is 19.3 Å². The lowest BCUT2D eigenvalue weighted by Gasteiger charge is -2.17. The predicted octanol–water partition coefficient (Wildman–Crippen LogP) is 3.72. The fourth-order valence-electron chi connectivity index (χ4n) is 3.02. The number of nitrogens with zero attached hydrogens (tertiary/aromatic N) is 2. The molecule has 0 fully saturated rings. The Labute approximate surface area is 160 Å². The van der Waals surface area contributed by atoms with Crippen LogP contribution in [0.15, 0.2) is 60.7 Å². The molecule has 5 heteroatoms. The molecular weight excluding hydrogens is 338 g/mol. The second-order valence-electron chi connectivity index (χ2n) is 6.55. The Balaban J connectivity index is 1.49. The van der Waals surface area contributed by atoms with Gasteiger partial charge in [-0.2, -0.15) is 5.10 Å². The Kier molecular flexibility index (Phi) is 6.26. The molecular formula is C22H25N3O2. The van der Waals surface area contributed by atoms with Crippen LogP contribution in [0.25, 0.3) is 11.3 Å². The van der Waals surface area contributed by atoms with E-state index in [1.54, 1.807) is 12.0 Å². The molecule has 0 unspecified atom stereocenters. The first-order valence-electron chi connectivity index (χ1n) is 9.13. The Morgan fingerprint density at radius 2 is 1.85 bits per heavy atom. The quantitative estimate of drug-likeness (QED) is 0.664. The molecule has 0 atom stereocenters. The van der Waals surface area contributed by atoms with Gasteiger partial charge in [-0.15, -0.1) is 0 Å². The van der Waals surface area contributed by atoms with Crippen LogP contribution >= 0.6 is 0 Å². The Morgan fingerprint density at radius 1 is 1.11 bits per heavy atom. The van der Waals surface area contributed by atoms with E-state index in [0.29, 0.717) is 13.0 Å². The van der Waals surface area contributed by atoms with Crippen molar-refractivity contribution >= 4 is 5.91 Å². The standard InChI is InChI=1S/C22H25N3O2/c1-25(22(26)15-18-11-6-7-13-21(18)27-2)14-8-12-19-16-20(24-23-19)17-9-4-3-5-10-17/h3-7,9-11,13,16H,8,12,14-15H2,1-2H3,(H,23,24). The Bertz CT molecular complexity index is 874. The van der Waals surface area contributed by atoms with Crippen molar-refractivity contribution in [2.75, 3.05) is 20.7 Å². The molecule has 0 radical (unpaired) electrons. The number of methoxy groups -OCH3 is 1. The molecule has 3 rings (SSSR count). The summed E-state index contributed by atoms with van der Waals surface area (Å²) in [7, 11) is 3.47. The number of hydrogen-bond donors (Lipinski definition) is 1. The minimum atomic E-state index is 0.0917. The number of likely N-dealkylation sites (N-methyl/N-ethyl adjacent to an activating group) is 1. The molecule has 0 aliphatic heterocycles. The number of rotatable bonds is 8. The normalized spacial score (nSPS) is 10.6. The third-order valence-electron chi connectivity index (χ3n) is 4.60. The number of ether oxygens (including phenoxy) is 1. The molecule has 0 saturated carbocycles. The highest BCUT2D eigenvalue weighted by molar-refractivity contribution is 5.79. The molecule has 1 aromatic heterocycles. The highest BCUT2D eigenvalue weighted by Crippen LogP contribution is 2.19. The molecule has 5 nitrogen and oxygen atoms in total. The second-order valence-corrected chi connectivity index (χ2v) is 6.55. The average Bonchev–Trinajstić information content (AvgIpc) is 3.18. The van der Waals surface area contributed by atoms with Crippen LogP contribution in [0.3, 0.4) is 0 Å². The maximum Gasteiger partial charge on any atom is 0.226 e. The lowest BCUT2D eigenvalue weighted by atomic mass is 10.1. The van der Waals surface area contributed by atoms with Crippen LogP contribution < -0.4 is 4.74 Å². The van der Waals surface area contributed by atoms with Gasteiger partial charge >= 0.3 is 0 Å². The lowest BCUT2D eigenvalue weighted by Crippen LogP contribution is -2.29. The van der Waals surface area contributed by atoms with E-state index in [0.717, 1.165) is 41.1 Å². The van der Waals surface area contributed by atoms with Gasteiger partial charge in [0.2, 0.25) is 5.91 Å². The van der Waals surface area contributed by atoms with Crippen LogP contribution in [0.1, 0.15) is 17.7 Å². The van der Waals surface area contributed by atoms with Gasteiger partial charge in [0, 0.05) is 30.4 Å². The van der Waals surface area contributed by atoms with E-state index in [-0.39, 0.29) is 5.91 Å². The third kappa shape index (κ3) is 4.97. The third-order valence-corrected chi connectivity index (χ3v) is 4.60. The molecule has 3 aromatic rings. The van der Waals surface area contributed by atoms with Crippen molar-refractivity contribution in [3.63, 3.8) is 0 Å². The topological polar surface area (TPSA) is 58.2 Å². The number of aryl methyl sites for hydroxylation is 1. The Hall–Kier alpha value is -3.08. The molecule has 27 heavy (non-hydrogen) atoms. The second kappa shape index (κ2) is 9.03. The summed E-state index contributed by atoms with van der Waals surface area (Å²) in [6.07, 6.45) is 2.08. The van der Waals surface area contributed by atoms with Crippen LogP contribution in [0.2, 0.25) is 0 Å². The van der Waals surface area contributed by atoms with E-state index in [4.69, 9.17) is 4.74 Å². The van der Waals surface area contributed by atoms with Crippen LogP contribution in [0.5, 0.6) is 5.75 Å². The number of aromatic amines is 1. The van der Waals surface area contributed by atoms with Crippen molar-refractivity contribution in [1.82, 2.24) is 15.1 Å². The first-order chi connectivity index (χ1) is 13.2. The lowest BCUT2D eigenvalue weighted by molar-refractivity contribution is -0.129. The predicted molar refractivity (Wildman–Crippen MR) is 107 cm³/mol. The van der Waals surface area contributed by atoms with Gasteiger partial charge in [-0.1, -0.05) is 48.5 Å². The number of nitrogens with one attached hydrogen (secondary N) is 1. The zero-order chi connectivity index (χ0) is 19.1. The summed E-state index contributed by atoms with van der Waals surface area (Å²) in [5, 5.41) is 7.47. The number of para-hydroxylation sites is 1. The number of hydrogen-bond acceptors (Lipinski definition) is 3. The van der Waals surface area contributed by atoms with Crippen molar-refractivity contribution in [3.8, 4) is 17.0 Å².